The highest BCUT2D eigenvalue weighted by atomic mass is 16.6. The number of aliphatic hydroxyl groups is 1. The van der Waals surface area contributed by atoms with Gasteiger partial charge in [-0.25, -0.2) is 0 Å². The highest BCUT2D eigenvalue weighted by Gasteiger charge is 2.15. The molecule has 0 unspecified atom stereocenters. The second-order valence-corrected chi connectivity index (χ2v) is 11.9. The van der Waals surface area contributed by atoms with E-state index in [0.717, 1.165) is 64.2 Å². The average molecular weight is 641 g/mol. The number of carbonyl (C=O) groups excluding carboxylic acids is 2. The van der Waals surface area contributed by atoms with Gasteiger partial charge in [0, 0.05) is 12.8 Å². The fourth-order valence-corrected chi connectivity index (χ4v) is 4.63. The molecule has 1 atom stereocenters. The number of ether oxygens (including phenoxy) is 2. The summed E-state index contributed by atoms with van der Waals surface area (Å²) in [6.45, 7) is 4.00. The van der Waals surface area contributed by atoms with Crippen LogP contribution in [0.15, 0.2) is 72.9 Å². The molecule has 1 N–H and O–H groups in total. The predicted molar refractivity (Wildman–Crippen MR) is 196 cm³/mol. The second-order valence-electron chi connectivity index (χ2n) is 11.9. The summed E-state index contributed by atoms with van der Waals surface area (Å²) in [5.74, 6) is -0.680. The smallest absolute Gasteiger partial charge is 0.306 e. The highest BCUT2D eigenvalue weighted by Crippen LogP contribution is 2.10. The van der Waals surface area contributed by atoms with E-state index < -0.39 is 6.10 Å². The lowest BCUT2D eigenvalue weighted by Gasteiger charge is -2.15. The zero-order valence-corrected chi connectivity index (χ0v) is 29.6. The van der Waals surface area contributed by atoms with E-state index in [1.165, 1.54) is 57.8 Å². The topological polar surface area (TPSA) is 72.8 Å². The van der Waals surface area contributed by atoms with Crippen LogP contribution in [-0.4, -0.2) is 36.4 Å². The van der Waals surface area contributed by atoms with Gasteiger partial charge in [0.2, 0.25) is 0 Å². The molecule has 0 saturated carbocycles. The van der Waals surface area contributed by atoms with Crippen molar-refractivity contribution in [3.05, 3.63) is 72.9 Å². The predicted octanol–water partition coefficient (Wildman–Crippen LogP) is 11.4. The first kappa shape index (κ1) is 43.3. The van der Waals surface area contributed by atoms with E-state index in [9.17, 15) is 14.7 Å². The molecule has 0 bridgehead atoms. The molecule has 0 heterocycles. The molecule has 5 heteroatoms. The van der Waals surface area contributed by atoms with Crippen molar-refractivity contribution < 1.29 is 24.2 Å². The normalized spacial score (nSPS) is 13.0. The Balaban J connectivity index is 3.73. The van der Waals surface area contributed by atoms with Crippen LogP contribution in [0.2, 0.25) is 0 Å². The van der Waals surface area contributed by atoms with E-state index in [1.807, 2.05) is 0 Å². The number of esters is 2. The average Bonchev–Trinajstić information content (AvgIpc) is 3.06. The summed E-state index contributed by atoms with van der Waals surface area (Å²) >= 11 is 0. The third-order valence-corrected chi connectivity index (χ3v) is 7.47. The Labute approximate surface area is 283 Å². The molecule has 0 aromatic heterocycles. The standard InChI is InChI=1S/C41H68O5/c1-3-5-7-9-11-13-15-17-19-20-22-23-25-27-29-31-33-35-40(43)45-38-39(37-42)46-41(44)36-34-32-30-28-26-24-21-18-16-14-12-10-8-6-4-2/h11-14,17-19,21-23,27,29,39,42H,3-10,15-16,20,24-26,28,30-38H2,1-2H3/t39-/m0/s1. The van der Waals surface area contributed by atoms with Crippen LogP contribution in [0.25, 0.3) is 0 Å². The van der Waals surface area contributed by atoms with Gasteiger partial charge in [0.1, 0.15) is 6.61 Å². The number of allylic oxidation sites excluding steroid dienone is 12. The molecule has 0 amide bonds. The van der Waals surface area contributed by atoms with Gasteiger partial charge >= 0.3 is 11.9 Å². The summed E-state index contributed by atoms with van der Waals surface area (Å²) in [7, 11) is 0. The Bertz CT molecular complexity index is 864. The van der Waals surface area contributed by atoms with E-state index >= 15 is 0 Å². The van der Waals surface area contributed by atoms with Crippen LogP contribution in [0.1, 0.15) is 155 Å². The van der Waals surface area contributed by atoms with Gasteiger partial charge in [-0.2, -0.15) is 0 Å². The van der Waals surface area contributed by atoms with Crippen molar-refractivity contribution in [1.29, 1.82) is 0 Å². The molecule has 0 radical (unpaired) electrons. The van der Waals surface area contributed by atoms with Crippen LogP contribution in [0, 0.1) is 0 Å². The summed E-state index contributed by atoms with van der Waals surface area (Å²) in [5, 5.41) is 9.53. The van der Waals surface area contributed by atoms with E-state index in [0.29, 0.717) is 19.3 Å². The van der Waals surface area contributed by atoms with Crippen LogP contribution in [0.5, 0.6) is 0 Å². The third-order valence-electron chi connectivity index (χ3n) is 7.47. The van der Waals surface area contributed by atoms with E-state index in [-0.39, 0.29) is 25.2 Å². The molecule has 46 heavy (non-hydrogen) atoms. The molecule has 262 valence electrons. The zero-order valence-electron chi connectivity index (χ0n) is 29.6. The SMILES string of the molecule is CCCCCC=CCC=CCC=CCC=CCCCC(=O)OC[C@H](CO)OC(=O)CCCCCCCC=CCC=CCCCCC. The lowest BCUT2D eigenvalue weighted by molar-refractivity contribution is -0.161. The minimum absolute atomic E-state index is 0.104. The summed E-state index contributed by atoms with van der Waals surface area (Å²) in [6.07, 6.45) is 48.1. The first-order valence-electron chi connectivity index (χ1n) is 18.5. The van der Waals surface area contributed by atoms with Crippen molar-refractivity contribution in [2.24, 2.45) is 0 Å². The van der Waals surface area contributed by atoms with Crippen molar-refractivity contribution in [2.45, 2.75) is 161 Å². The number of aliphatic hydroxyl groups excluding tert-OH is 1. The molecule has 0 aliphatic rings. The number of carbonyl (C=O) groups is 2. The molecule has 0 saturated heterocycles. The Morgan fingerprint density at radius 3 is 1.37 bits per heavy atom. The summed E-state index contributed by atoms with van der Waals surface area (Å²) in [5.41, 5.74) is 0. The van der Waals surface area contributed by atoms with Crippen LogP contribution >= 0.6 is 0 Å². The van der Waals surface area contributed by atoms with Gasteiger partial charge in [-0.3, -0.25) is 9.59 Å². The molecule has 0 fully saturated rings. The minimum atomic E-state index is -0.803. The number of hydrogen-bond acceptors (Lipinski definition) is 5. The molecule has 0 rings (SSSR count). The Morgan fingerprint density at radius 1 is 0.500 bits per heavy atom. The van der Waals surface area contributed by atoms with Gasteiger partial charge in [0.05, 0.1) is 6.61 Å². The maximum Gasteiger partial charge on any atom is 0.306 e. The summed E-state index contributed by atoms with van der Waals surface area (Å²) < 4.78 is 10.5. The number of hydrogen-bond donors (Lipinski definition) is 1. The van der Waals surface area contributed by atoms with Crippen molar-refractivity contribution >= 4 is 11.9 Å². The monoisotopic (exact) mass is 641 g/mol. The van der Waals surface area contributed by atoms with Crippen molar-refractivity contribution in [2.75, 3.05) is 13.2 Å². The first-order valence-corrected chi connectivity index (χ1v) is 18.5. The van der Waals surface area contributed by atoms with Crippen molar-refractivity contribution in [3.8, 4) is 0 Å². The first-order chi connectivity index (χ1) is 22.6. The van der Waals surface area contributed by atoms with E-state index in [4.69, 9.17) is 9.47 Å². The molecule has 0 spiro atoms. The molecule has 0 aliphatic heterocycles. The van der Waals surface area contributed by atoms with Crippen LogP contribution in [0.4, 0.5) is 0 Å². The summed E-state index contributed by atoms with van der Waals surface area (Å²) in [6, 6.07) is 0. The maximum absolute atomic E-state index is 12.1. The molecular formula is C41H68O5. The summed E-state index contributed by atoms with van der Waals surface area (Å²) in [4.78, 5) is 24.2. The van der Waals surface area contributed by atoms with E-state index in [2.05, 4.69) is 86.8 Å². The van der Waals surface area contributed by atoms with Gasteiger partial charge in [0.25, 0.3) is 0 Å². The number of unbranched alkanes of at least 4 members (excludes halogenated alkanes) is 12. The molecule has 0 aromatic carbocycles. The lowest BCUT2D eigenvalue weighted by atomic mass is 10.1. The van der Waals surface area contributed by atoms with Gasteiger partial charge in [0.15, 0.2) is 6.10 Å². The fraction of sp³-hybridized carbons (Fsp3) is 0.659. The Morgan fingerprint density at radius 2 is 0.891 bits per heavy atom. The quantitative estimate of drug-likeness (QED) is 0.0450. The maximum atomic E-state index is 12.1. The van der Waals surface area contributed by atoms with Crippen molar-refractivity contribution in [1.82, 2.24) is 0 Å². The fourth-order valence-electron chi connectivity index (χ4n) is 4.63. The van der Waals surface area contributed by atoms with Crippen LogP contribution in [-0.2, 0) is 19.1 Å². The Hall–Kier alpha value is -2.66. The number of rotatable bonds is 32. The van der Waals surface area contributed by atoms with Gasteiger partial charge in [-0.15, -0.1) is 0 Å². The molecule has 5 nitrogen and oxygen atoms in total. The molecular weight excluding hydrogens is 572 g/mol. The minimum Gasteiger partial charge on any atom is -0.462 e. The second kappa shape index (κ2) is 36.8. The van der Waals surface area contributed by atoms with Gasteiger partial charge in [-0.05, 0) is 83.5 Å². The molecule has 0 aliphatic carbocycles. The zero-order chi connectivity index (χ0) is 33.6. The van der Waals surface area contributed by atoms with Crippen molar-refractivity contribution in [3.63, 3.8) is 0 Å². The Kier molecular flexibility index (Phi) is 34.7. The molecule has 0 aromatic rings. The van der Waals surface area contributed by atoms with Crippen LogP contribution in [0.3, 0.4) is 0 Å². The lowest BCUT2D eigenvalue weighted by Crippen LogP contribution is -2.28. The van der Waals surface area contributed by atoms with Gasteiger partial charge < -0.3 is 14.6 Å². The van der Waals surface area contributed by atoms with Crippen LogP contribution < -0.4 is 0 Å². The highest BCUT2D eigenvalue weighted by molar-refractivity contribution is 5.70. The van der Waals surface area contributed by atoms with E-state index in [1.54, 1.807) is 0 Å². The third kappa shape index (κ3) is 34.2. The van der Waals surface area contributed by atoms with Gasteiger partial charge in [-0.1, -0.05) is 132 Å². The largest absolute Gasteiger partial charge is 0.462 e.